The van der Waals surface area contributed by atoms with Gasteiger partial charge in [0.25, 0.3) is 11.8 Å². The van der Waals surface area contributed by atoms with Crippen LogP contribution >= 0.6 is 0 Å². The molecule has 1 heterocycles. The summed E-state index contributed by atoms with van der Waals surface area (Å²) in [7, 11) is 0. The van der Waals surface area contributed by atoms with Gasteiger partial charge >= 0.3 is 5.97 Å². The fourth-order valence-corrected chi connectivity index (χ4v) is 1.84. The molecule has 1 N–H and O–H groups in total. The summed E-state index contributed by atoms with van der Waals surface area (Å²) in [5.74, 6) is -2.01. The second-order valence-corrected chi connectivity index (χ2v) is 4.22. The van der Waals surface area contributed by atoms with Crippen LogP contribution in [-0.2, 0) is 0 Å². The van der Waals surface area contributed by atoms with Gasteiger partial charge in [0.1, 0.15) is 0 Å². The van der Waals surface area contributed by atoms with Crippen molar-refractivity contribution in [2.24, 2.45) is 0 Å². The lowest BCUT2D eigenvalue weighted by Gasteiger charge is -2.12. The number of fused-ring (bicyclic) bond motifs is 1. The number of hydrogen-bond donors (Lipinski definition) is 1. The fraction of sp³-hybridized carbons (Fsp3) is 0.154. The van der Waals surface area contributed by atoms with Gasteiger partial charge in [-0.1, -0.05) is 12.2 Å². The molecule has 0 aliphatic carbocycles. The molecular formula is C13H11NO4. The summed E-state index contributed by atoms with van der Waals surface area (Å²) in [5.41, 5.74) is 1.06. The van der Waals surface area contributed by atoms with Crippen LogP contribution in [0.5, 0.6) is 0 Å². The van der Waals surface area contributed by atoms with Crippen LogP contribution in [0.1, 0.15) is 38.0 Å². The van der Waals surface area contributed by atoms with Crippen LogP contribution < -0.4 is 0 Å². The summed E-state index contributed by atoms with van der Waals surface area (Å²) in [5, 5.41) is 8.86. The zero-order chi connectivity index (χ0) is 13.4. The van der Waals surface area contributed by atoms with Gasteiger partial charge in [-0.2, -0.15) is 0 Å². The number of carbonyl (C=O) groups excluding carboxylic acids is 2. The number of benzene rings is 1. The third kappa shape index (κ3) is 1.79. The normalized spacial score (nSPS) is 13.7. The Morgan fingerprint density at radius 2 is 1.89 bits per heavy atom. The molecule has 0 atom stereocenters. The van der Waals surface area contributed by atoms with Gasteiger partial charge in [0.2, 0.25) is 0 Å². The average molecular weight is 245 g/mol. The third-order valence-electron chi connectivity index (χ3n) is 2.65. The van der Waals surface area contributed by atoms with Crippen LogP contribution in [-0.4, -0.2) is 34.3 Å². The van der Waals surface area contributed by atoms with Gasteiger partial charge in [-0.25, -0.2) is 4.79 Å². The molecule has 1 aromatic carbocycles. The number of nitrogens with zero attached hydrogens (tertiary/aromatic N) is 1. The Bertz CT molecular complexity index is 589. The van der Waals surface area contributed by atoms with Gasteiger partial charge in [0.15, 0.2) is 0 Å². The minimum atomic E-state index is -1.13. The van der Waals surface area contributed by atoms with E-state index in [1.54, 1.807) is 6.92 Å². The number of rotatable bonds is 3. The number of hydrogen-bond acceptors (Lipinski definition) is 3. The number of carbonyl (C=O) groups is 3. The van der Waals surface area contributed by atoms with Crippen molar-refractivity contribution in [1.82, 2.24) is 4.90 Å². The average Bonchev–Trinajstić information content (AvgIpc) is 2.53. The van der Waals surface area contributed by atoms with E-state index in [9.17, 15) is 14.4 Å². The monoisotopic (exact) mass is 245 g/mol. The smallest absolute Gasteiger partial charge is 0.335 e. The van der Waals surface area contributed by atoms with E-state index in [0.717, 1.165) is 4.90 Å². The van der Waals surface area contributed by atoms with Gasteiger partial charge in [-0.3, -0.25) is 14.5 Å². The van der Waals surface area contributed by atoms with Crippen molar-refractivity contribution in [2.45, 2.75) is 6.92 Å². The summed E-state index contributed by atoms with van der Waals surface area (Å²) < 4.78 is 0. The molecule has 0 unspecified atom stereocenters. The topological polar surface area (TPSA) is 74.7 Å². The van der Waals surface area contributed by atoms with Crippen LogP contribution in [0.15, 0.2) is 30.4 Å². The van der Waals surface area contributed by atoms with Gasteiger partial charge < -0.3 is 5.11 Å². The van der Waals surface area contributed by atoms with E-state index in [1.165, 1.54) is 18.2 Å². The molecule has 1 aliphatic rings. The van der Waals surface area contributed by atoms with Crippen molar-refractivity contribution in [3.63, 3.8) is 0 Å². The maximum absolute atomic E-state index is 12.0. The van der Waals surface area contributed by atoms with Crippen LogP contribution in [0, 0.1) is 0 Å². The Balaban J connectivity index is 2.45. The summed E-state index contributed by atoms with van der Waals surface area (Å²) in [6.07, 6.45) is 0. The second kappa shape index (κ2) is 4.10. The Labute approximate surface area is 103 Å². The van der Waals surface area contributed by atoms with Crippen LogP contribution in [0.25, 0.3) is 0 Å². The van der Waals surface area contributed by atoms with Gasteiger partial charge in [0.05, 0.1) is 16.7 Å². The standard InChI is InChI=1S/C13H11NO4/c1-7(2)6-14-11(15)9-4-3-8(13(17)18)5-10(9)12(14)16/h3-5H,1,6H2,2H3,(H,17,18). The third-order valence-corrected chi connectivity index (χ3v) is 2.65. The number of carboxylic acid groups (broad SMARTS) is 1. The first kappa shape index (κ1) is 12.0. The lowest BCUT2D eigenvalue weighted by molar-refractivity contribution is 0.0665. The van der Waals surface area contributed by atoms with Crippen molar-refractivity contribution in [2.75, 3.05) is 6.54 Å². The molecule has 2 rings (SSSR count). The highest BCUT2D eigenvalue weighted by atomic mass is 16.4. The van der Waals surface area contributed by atoms with Gasteiger partial charge in [-0.05, 0) is 25.1 Å². The lowest BCUT2D eigenvalue weighted by Crippen LogP contribution is -2.31. The number of carboxylic acids is 1. The summed E-state index contributed by atoms with van der Waals surface area (Å²) >= 11 is 0. The molecule has 0 saturated heterocycles. The molecule has 18 heavy (non-hydrogen) atoms. The molecule has 0 saturated carbocycles. The zero-order valence-electron chi connectivity index (χ0n) is 9.77. The molecule has 5 nitrogen and oxygen atoms in total. The molecule has 1 aliphatic heterocycles. The molecular weight excluding hydrogens is 234 g/mol. The molecule has 0 bridgehead atoms. The SMILES string of the molecule is C=C(C)CN1C(=O)c2ccc(C(=O)O)cc2C1=O. The minimum Gasteiger partial charge on any atom is -0.478 e. The van der Waals surface area contributed by atoms with E-state index in [2.05, 4.69) is 6.58 Å². The molecule has 0 aromatic heterocycles. The van der Waals surface area contributed by atoms with Gasteiger partial charge in [0, 0.05) is 6.54 Å². The highest BCUT2D eigenvalue weighted by Crippen LogP contribution is 2.24. The van der Waals surface area contributed by atoms with Crippen LogP contribution in [0.4, 0.5) is 0 Å². The zero-order valence-corrected chi connectivity index (χ0v) is 9.77. The highest BCUT2D eigenvalue weighted by Gasteiger charge is 2.35. The molecule has 5 heteroatoms. The Kier molecular flexibility index (Phi) is 2.74. The van der Waals surface area contributed by atoms with Crippen LogP contribution in [0.3, 0.4) is 0 Å². The predicted molar refractivity (Wildman–Crippen MR) is 63.6 cm³/mol. The molecule has 92 valence electrons. The Hall–Kier alpha value is -2.43. The Morgan fingerprint density at radius 3 is 2.44 bits per heavy atom. The largest absolute Gasteiger partial charge is 0.478 e. The number of amides is 2. The quantitative estimate of drug-likeness (QED) is 0.647. The summed E-state index contributed by atoms with van der Waals surface area (Å²) in [6, 6.07) is 3.92. The van der Waals surface area contributed by atoms with E-state index in [-0.39, 0.29) is 23.2 Å². The van der Waals surface area contributed by atoms with Crippen molar-refractivity contribution in [3.8, 4) is 0 Å². The predicted octanol–water partition coefficient (Wildman–Crippen LogP) is 1.56. The van der Waals surface area contributed by atoms with E-state index < -0.39 is 17.8 Å². The Morgan fingerprint density at radius 1 is 1.28 bits per heavy atom. The van der Waals surface area contributed by atoms with E-state index >= 15 is 0 Å². The molecule has 2 amide bonds. The molecule has 0 radical (unpaired) electrons. The summed E-state index contributed by atoms with van der Waals surface area (Å²) in [6.45, 7) is 5.52. The first-order chi connectivity index (χ1) is 8.41. The van der Waals surface area contributed by atoms with E-state index in [1.807, 2.05) is 0 Å². The van der Waals surface area contributed by atoms with Crippen molar-refractivity contribution < 1.29 is 19.5 Å². The van der Waals surface area contributed by atoms with Crippen molar-refractivity contribution in [1.29, 1.82) is 0 Å². The maximum Gasteiger partial charge on any atom is 0.335 e. The van der Waals surface area contributed by atoms with Crippen molar-refractivity contribution in [3.05, 3.63) is 47.0 Å². The van der Waals surface area contributed by atoms with E-state index in [4.69, 9.17) is 5.11 Å². The number of imide groups is 1. The van der Waals surface area contributed by atoms with Crippen molar-refractivity contribution >= 4 is 17.8 Å². The molecule has 0 fully saturated rings. The first-order valence-electron chi connectivity index (χ1n) is 5.29. The highest BCUT2D eigenvalue weighted by molar-refractivity contribution is 6.22. The lowest BCUT2D eigenvalue weighted by atomic mass is 10.1. The minimum absolute atomic E-state index is 0.00734. The molecule has 0 spiro atoms. The second-order valence-electron chi connectivity index (χ2n) is 4.22. The summed E-state index contributed by atoms with van der Waals surface area (Å²) in [4.78, 5) is 35.8. The number of aromatic carboxylic acids is 1. The van der Waals surface area contributed by atoms with E-state index in [0.29, 0.717) is 5.57 Å². The molecule has 1 aromatic rings. The van der Waals surface area contributed by atoms with Gasteiger partial charge in [-0.15, -0.1) is 0 Å². The van der Waals surface area contributed by atoms with Crippen LogP contribution in [0.2, 0.25) is 0 Å². The maximum atomic E-state index is 12.0. The fourth-order valence-electron chi connectivity index (χ4n) is 1.84. The first-order valence-corrected chi connectivity index (χ1v) is 5.29.